The number of hydrogen-bond donors (Lipinski definition) is 0. The first-order valence-corrected chi connectivity index (χ1v) is 10.2. The van der Waals surface area contributed by atoms with Gasteiger partial charge in [0.1, 0.15) is 0 Å². The van der Waals surface area contributed by atoms with E-state index in [1.54, 1.807) is 0 Å². The van der Waals surface area contributed by atoms with Crippen LogP contribution in [0.4, 0.5) is 0 Å². The van der Waals surface area contributed by atoms with Crippen LogP contribution in [-0.4, -0.2) is 8.07 Å². The molecule has 0 aromatic heterocycles. The number of rotatable bonds is 3. The van der Waals surface area contributed by atoms with E-state index in [9.17, 15) is 0 Å². The van der Waals surface area contributed by atoms with Crippen molar-refractivity contribution in [2.75, 3.05) is 0 Å². The van der Waals surface area contributed by atoms with Gasteiger partial charge in [-0.15, -0.1) is 0 Å². The van der Waals surface area contributed by atoms with Crippen molar-refractivity contribution in [1.82, 2.24) is 0 Å². The third-order valence-corrected chi connectivity index (χ3v) is 4.28. The molecule has 0 fully saturated rings. The molecule has 94 valence electrons. The minimum absolute atomic E-state index is 0.251. The Kier molecular flexibility index (Phi) is 4.37. The Morgan fingerprint density at radius 3 is 1.94 bits per heavy atom. The van der Waals surface area contributed by atoms with Crippen molar-refractivity contribution in [2.45, 2.75) is 51.9 Å². The standard InChI is InChI=1S/C16H26Si/c1-16(2,3)15-11-9-14(10-12-15)8-7-13-17(4,5)6/h7-12H,13H2,1-6H3/b8-7+. The Hall–Kier alpha value is -0.823. The van der Waals surface area contributed by atoms with E-state index in [1.165, 1.54) is 17.2 Å². The molecular formula is C16H26Si. The molecule has 0 heterocycles. The third-order valence-electron chi connectivity index (χ3n) is 2.82. The number of hydrogen-bond acceptors (Lipinski definition) is 0. The van der Waals surface area contributed by atoms with Gasteiger partial charge >= 0.3 is 0 Å². The Morgan fingerprint density at radius 1 is 1.00 bits per heavy atom. The summed E-state index contributed by atoms with van der Waals surface area (Å²) in [5.74, 6) is 0. The van der Waals surface area contributed by atoms with Gasteiger partial charge in [0.05, 0.1) is 0 Å². The Balaban J connectivity index is 2.69. The van der Waals surface area contributed by atoms with E-state index in [0.29, 0.717) is 0 Å². The molecule has 0 unspecified atom stereocenters. The zero-order valence-corrected chi connectivity index (χ0v) is 13.2. The van der Waals surface area contributed by atoms with Crippen molar-refractivity contribution in [2.24, 2.45) is 0 Å². The van der Waals surface area contributed by atoms with E-state index in [4.69, 9.17) is 0 Å². The van der Waals surface area contributed by atoms with Crippen LogP contribution in [0.2, 0.25) is 25.7 Å². The van der Waals surface area contributed by atoms with Crippen LogP contribution in [0.3, 0.4) is 0 Å². The Bertz CT molecular complexity index is 371. The van der Waals surface area contributed by atoms with E-state index in [1.807, 2.05) is 0 Å². The number of allylic oxidation sites excluding steroid dienone is 1. The van der Waals surface area contributed by atoms with Gasteiger partial charge in [0.2, 0.25) is 0 Å². The SMILES string of the molecule is CC(C)(C)c1ccc(/C=C/C[Si](C)(C)C)cc1. The highest BCUT2D eigenvalue weighted by Crippen LogP contribution is 2.22. The summed E-state index contributed by atoms with van der Waals surface area (Å²) in [6.07, 6.45) is 4.59. The molecule has 1 rings (SSSR count). The highest BCUT2D eigenvalue weighted by Gasteiger charge is 2.12. The highest BCUT2D eigenvalue weighted by molar-refractivity contribution is 6.76. The zero-order chi connectivity index (χ0) is 13.1. The maximum absolute atomic E-state index is 2.40. The van der Waals surface area contributed by atoms with Crippen LogP contribution in [0, 0.1) is 0 Å². The molecule has 0 spiro atoms. The second kappa shape index (κ2) is 5.22. The molecule has 1 aromatic carbocycles. The summed E-state index contributed by atoms with van der Waals surface area (Å²) in [6.45, 7) is 14.0. The summed E-state index contributed by atoms with van der Waals surface area (Å²) < 4.78 is 0. The van der Waals surface area contributed by atoms with Crippen molar-refractivity contribution in [3.8, 4) is 0 Å². The van der Waals surface area contributed by atoms with E-state index < -0.39 is 8.07 Å². The minimum atomic E-state index is -0.939. The van der Waals surface area contributed by atoms with Crippen molar-refractivity contribution in [1.29, 1.82) is 0 Å². The van der Waals surface area contributed by atoms with Crippen LogP contribution in [-0.2, 0) is 5.41 Å². The van der Waals surface area contributed by atoms with Gasteiger partial charge in [0.25, 0.3) is 0 Å². The van der Waals surface area contributed by atoms with Gasteiger partial charge in [-0.25, -0.2) is 0 Å². The lowest BCUT2D eigenvalue weighted by Gasteiger charge is -2.18. The first kappa shape index (κ1) is 14.2. The molecule has 0 aliphatic rings. The predicted molar refractivity (Wildman–Crippen MR) is 82.3 cm³/mol. The molecule has 0 bridgehead atoms. The smallest absolute Gasteiger partial charge is 0.0480 e. The van der Waals surface area contributed by atoms with E-state index in [-0.39, 0.29) is 5.41 Å². The normalized spacial score (nSPS) is 13.3. The average molecular weight is 246 g/mol. The lowest BCUT2D eigenvalue weighted by molar-refractivity contribution is 0.590. The second-order valence-corrected chi connectivity index (χ2v) is 12.6. The van der Waals surface area contributed by atoms with Gasteiger partial charge in [-0.3, -0.25) is 0 Å². The molecule has 0 N–H and O–H groups in total. The topological polar surface area (TPSA) is 0 Å². The largest absolute Gasteiger partial charge is 0.0866 e. The van der Waals surface area contributed by atoms with Gasteiger partial charge in [0.15, 0.2) is 0 Å². The van der Waals surface area contributed by atoms with Gasteiger partial charge in [-0.05, 0) is 22.6 Å². The van der Waals surface area contributed by atoms with E-state index in [2.05, 4.69) is 76.8 Å². The average Bonchev–Trinajstić information content (AvgIpc) is 2.15. The van der Waals surface area contributed by atoms with Crippen LogP contribution in [0.1, 0.15) is 31.9 Å². The summed E-state index contributed by atoms with van der Waals surface area (Å²) in [5, 5.41) is 0. The first-order chi connectivity index (χ1) is 7.68. The predicted octanol–water partition coefficient (Wildman–Crippen LogP) is 5.34. The second-order valence-electron chi connectivity index (χ2n) is 7.04. The molecule has 0 aliphatic heterocycles. The summed E-state index contributed by atoms with van der Waals surface area (Å²) in [6, 6.07) is 10.2. The fraction of sp³-hybridized carbons (Fsp3) is 0.500. The first-order valence-electron chi connectivity index (χ1n) is 6.46. The van der Waals surface area contributed by atoms with Crippen molar-refractivity contribution in [3.63, 3.8) is 0 Å². The highest BCUT2D eigenvalue weighted by atomic mass is 28.3. The van der Waals surface area contributed by atoms with Crippen LogP contribution in [0.25, 0.3) is 6.08 Å². The van der Waals surface area contributed by atoms with Crippen molar-refractivity contribution < 1.29 is 0 Å². The maximum Gasteiger partial charge on any atom is 0.0480 e. The molecule has 0 nitrogen and oxygen atoms in total. The van der Waals surface area contributed by atoms with Crippen LogP contribution in [0.5, 0.6) is 0 Å². The van der Waals surface area contributed by atoms with Crippen LogP contribution < -0.4 is 0 Å². The minimum Gasteiger partial charge on any atom is -0.0866 e. The zero-order valence-electron chi connectivity index (χ0n) is 12.2. The molecule has 0 saturated heterocycles. The van der Waals surface area contributed by atoms with Gasteiger partial charge < -0.3 is 0 Å². The quantitative estimate of drug-likeness (QED) is 0.632. The summed E-state index contributed by atoms with van der Waals surface area (Å²) >= 11 is 0. The fourth-order valence-corrected chi connectivity index (χ4v) is 2.47. The molecular weight excluding hydrogens is 220 g/mol. The Labute approximate surface area is 108 Å². The van der Waals surface area contributed by atoms with E-state index in [0.717, 1.165) is 0 Å². The van der Waals surface area contributed by atoms with Crippen LogP contribution >= 0.6 is 0 Å². The van der Waals surface area contributed by atoms with Gasteiger partial charge in [-0.1, -0.05) is 76.8 Å². The maximum atomic E-state index is 2.40. The molecule has 0 amide bonds. The Morgan fingerprint density at radius 2 is 1.53 bits per heavy atom. The molecule has 1 aromatic rings. The van der Waals surface area contributed by atoms with Crippen LogP contribution in [0.15, 0.2) is 30.3 Å². The van der Waals surface area contributed by atoms with Crippen molar-refractivity contribution >= 4 is 14.1 Å². The molecule has 0 aliphatic carbocycles. The molecule has 17 heavy (non-hydrogen) atoms. The lowest BCUT2D eigenvalue weighted by Crippen LogP contribution is -2.17. The third kappa shape index (κ3) is 5.36. The van der Waals surface area contributed by atoms with Gasteiger partial charge in [0, 0.05) is 8.07 Å². The molecule has 1 heteroatoms. The fourth-order valence-electron chi connectivity index (χ4n) is 1.64. The lowest BCUT2D eigenvalue weighted by atomic mass is 9.87. The number of benzene rings is 1. The summed E-state index contributed by atoms with van der Waals surface area (Å²) in [5.41, 5.74) is 2.97. The molecule has 0 radical (unpaired) electrons. The van der Waals surface area contributed by atoms with E-state index >= 15 is 0 Å². The van der Waals surface area contributed by atoms with Gasteiger partial charge in [-0.2, -0.15) is 0 Å². The van der Waals surface area contributed by atoms with Crippen molar-refractivity contribution in [3.05, 3.63) is 41.5 Å². The summed E-state index contributed by atoms with van der Waals surface area (Å²) in [4.78, 5) is 0. The summed E-state index contributed by atoms with van der Waals surface area (Å²) in [7, 11) is -0.939. The molecule has 0 saturated carbocycles. The monoisotopic (exact) mass is 246 g/mol. The molecule has 0 atom stereocenters.